The molecule has 0 aliphatic carbocycles. The lowest BCUT2D eigenvalue weighted by Crippen LogP contribution is -2.24. The van der Waals surface area contributed by atoms with Crippen LogP contribution < -0.4 is 0 Å². The van der Waals surface area contributed by atoms with E-state index in [4.69, 9.17) is 4.74 Å². The van der Waals surface area contributed by atoms with E-state index in [0.717, 1.165) is 13.0 Å². The molecule has 2 unspecified atom stereocenters. The van der Waals surface area contributed by atoms with Crippen molar-refractivity contribution in [3.63, 3.8) is 0 Å². The van der Waals surface area contributed by atoms with Crippen molar-refractivity contribution < 1.29 is 14.3 Å². The summed E-state index contributed by atoms with van der Waals surface area (Å²) in [6.45, 7) is 2.86. The fourth-order valence-electron chi connectivity index (χ4n) is 1.28. The standard InChI is InChI=1S/C9H17NO3/c1-9(5-6-10(2)3)7(13-9)8(11)12-4/h7H,5-6H2,1-4H3. The first-order valence-electron chi connectivity index (χ1n) is 4.40. The lowest BCUT2D eigenvalue weighted by atomic mass is 10.0. The lowest BCUT2D eigenvalue weighted by Gasteiger charge is -2.11. The molecule has 0 amide bonds. The number of carbonyl (C=O) groups is 1. The zero-order chi connectivity index (χ0) is 10.1. The minimum atomic E-state index is -0.350. The first-order chi connectivity index (χ1) is 5.99. The highest BCUT2D eigenvalue weighted by Crippen LogP contribution is 2.39. The fraction of sp³-hybridized carbons (Fsp3) is 0.889. The Hall–Kier alpha value is -0.610. The molecule has 0 aromatic carbocycles. The van der Waals surface area contributed by atoms with Gasteiger partial charge in [-0.3, -0.25) is 0 Å². The fourth-order valence-corrected chi connectivity index (χ4v) is 1.28. The van der Waals surface area contributed by atoms with E-state index in [1.165, 1.54) is 7.11 Å². The van der Waals surface area contributed by atoms with Gasteiger partial charge in [0.05, 0.1) is 7.11 Å². The molecule has 1 fully saturated rings. The number of epoxide rings is 1. The maximum atomic E-state index is 11.1. The molecule has 1 aliphatic rings. The van der Waals surface area contributed by atoms with E-state index in [9.17, 15) is 4.79 Å². The summed E-state index contributed by atoms with van der Waals surface area (Å²) in [5, 5.41) is 0. The topological polar surface area (TPSA) is 42.1 Å². The Morgan fingerprint density at radius 1 is 1.62 bits per heavy atom. The quantitative estimate of drug-likeness (QED) is 0.468. The molecule has 0 bridgehead atoms. The Bertz CT molecular complexity index is 205. The Labute approximate surface area is 78.8 Å². The number of ether oxygens (including phenoxy) is 2. The Morgan fingerprint density at radius 3 is 2.69 bits per heavy atom. The van der Waals surface area contributed by atoms with E-state index < -0.39 is 0 Å². The second-order valence-corrected chi connectivity index (χ2v) is 3.89. The summed E-state index contributed by atoms with van der Waals surface area (Å²) >= 11 is 0. The molecule has 1 heterocycles. The summed E-state index contributed by atoms with van der Waals surface area (Å²) in [5.74, 6) is -0.263. The normalized spacial score (nSPS) is 31.9. The summed E-state index contributed by atoms with van der Waals surface area (Å²) in [5.41, 5.74) is -0.294. The van der Waals surface area contributed by atoms with Crippen LogP contribution in [0.1, 0.15) is 13.3 Å². The molecular formula is C9H17NO3. The van der Waals surface area contributed by atoms with Crippen molar-refractivity contribution in [2.45, 2.75) is 25.0 Å². The first kappa shape index (κ1) is 10.5. The maximum absolute atomic E-state index is 11.1. The number of hydrogen-bond donors (Lipinski definition) is 0. The maximum Gasteiger partial charge on any atom is 0.338 e. The van der Waals surface area contributed by atoms with Gasteiger partial charge in [-0.25, -0.2) is 4.79 Å². The van der Waals surface area contributed by atoms with Crippen molar-refractivity contribution >= 4 is 5.97 Å². The van der Waals surface area contributed by atoms with Crippen LogP contribution in [0.5, 0.6) is 0 Å². The Morgan fingerprint density at radius 2 is 2.23 bits per heavy atom. The summed E-state index contributed by atoms with van der Waals surface area (Å²) in [6, 6.07) is 0. The second-order valence-electron chi connectivity index (χ2n) is 3.89. The lowest BCUT2D eigenvalue weighted by molar-refractivity contribution is -0.142. The van der Waals surface area contributed by atoms with Crippen LogP contribution in [0.2, 0.25) is 0 Å². The molecule has 0 radical (unpaired) electrons. The number of methoxy groups -OCH3 is 1. The number of nitrogens with zero attached hydrogens (tertiary/aromatic N) is 1. The molecule has 1 rings (SSSR count). The van der Waals surface area contributed by atoms with Crippen LogP contribution in [0.3, 0.4) is 0 Å². The molecule has 0 aromatic rings. The van der Waals surface area contributed by atoms with Crippen molar-refractivity contribution in [3.05, 3.63) is 0 Å². The van der Waals surface area contributed by atoms with Gasteiger partial charge in [-0.1, -0.05) is 0 Å². The van der Waals surface area contributed by atoms with Crippen molar-refractivity contribution in [2.24, 2.45) is 0 Å². The second kappa shape index (κ2) is 3.64. The van der Waals surface area contributed by atoms with Gasteiger partial charge in [0.1, 0.15) is 5.60 Å². The molecular weight excluding hydrogens is 170 g/mol. The van der Waals surface area contributed by atoms with Gasteiger partial charge in [-0.2, -0.15) is 0 Å². The summed E-state index contributed by atoms with van der Waals surface area (Å²) < 4.78 is 9.91. The van der Waals surface area contributed by atoms with Gasteiger partial charge in [0.25, 0.3) is 0 Å². The largest absolute Gasteiger partial charge is 0.467 e. The van der Waals surface area contributed by atoms with Crippen LogP contribution in [0, 0.1) is 0 Å². The summed E-state index contributed by atoms with van der Waals surface area (Å²) in [7, 11) is 5.38. The molecule has 0 N–H and O–H groups in total. The predicted octanol–water partition coefficient (Wildman–Crippen LogP) is 0.269. The minimum absolute atomic E-state index is 0.263. The zero-order valence-corrected chi connectivity index (χ0v) is 8.66. The third-order valence-corrected chi connectivity index (χ3v) is 2.36. The van der Waals surface area contributed by atoms with Crippen molar-refractivity contribution in [2.75, 3.05) is 27.7 Å². The molecule has 1 saturated heterocycles. The number of carbonyl (C=O) groups excluding carboxylic acids is 1. The van der Waals surface area contributed by atoms with Crippen LogP contribution in [0.4, 0.5) is 0 Å². The van der Waals surface area contributed by atoms with Crippen molar-refractivity contribution in [3.8, 4) is 0 Å². The smallest absolute Gasteiger partial charge is 0.338 e. The van der Waals surface area contributed by atoms with Gasteiger partial charge in [0.15, 0.2) is 6.10 Å². The van der Waals surface area contributed by atoms with Crippen LogP contribution in [-0.4, -0.2) is 50.3 Å². The average Bonchev–Trinajstić information content (AvgIpc) is 2.74. The minimum Gasteiger partial charge on any atom is -0.467 e. The molecule has 2 atom stereocenters. The molecule has 4 heteroatoms. The Kier molecular flexibility index (Phi) is 2.93. The molecule has 1 aliphatic heterocycles. The van der Waals surface area contributed by atoms with E-state index in [-0.39, 0.29) is 17.7 Å². The van der Waals surface area contributed by atoms with Crippen LogP contribution in [0.15, 0.2) is 0 Å². The van der Waals surface area contributed by atoms with E-state index in [0.29, 0.717) is 0 Å². The van der Waals surface area contributed by atoms with Crippen molar-refractivity contribution in [1.82, 2.24) is 4.90 Å². The van der Waals surface area contributed by atoms with E-state index in [1.54, 1.807) is 0 Å². The number of hydrogen-bond acceptors (Lipinski definition) is 4. The van der Waals surface area contributed by atoms with Crippen LogP contribution in [-0.2, 0) is 14.3 Å². The highest BCUT2D eigenvalue weighted by atomic mass is 16.6. The summed E-state index contributed by atoms with van der Waals surface area (Å²) in [6.07, 6.45) is 0.511. The Balaban J connectivity index is 2.32. The van der Waals surface area contributed by atoms with Gasteiger partial charge in [-0.05, 0) is 27.4 Å². The number of esters is 1. The predicted molar refractivity (Wildman–Crippen MR) is 48.5 cm³/mol. The first-order valence-corrected chi connectivity index (χ1v) is 4.40. The zero-order valence-electron chi connectivity index (χ0n) is 8.66. The highest BCUT2D eigenvalue weighted by molar-refractivity contribution is 5.79. The third kappa shape index (κ3) is 2.42. The SMILES string of the molecule is COC(=O)C1OC1(C)CCN(C)C. The third-order valence-electron chi connectivity index (χ3n) is 2.36. The van der Waals surface area contributed by atoms with Gasteiger partial charge < -0.3 is 14.4 Å². The average molecular weight is 187 g/mol. The van der Waals surface area contributed by atoms with E-state index >= 15 is 0 Å². The summed E-state index contributed by atoms with van der Waals surface area (Å²) in [4.78, 5) is 13.1. The van der Waals surface area contributed by atoms with Gasteiger partial charge >= 0.3 is 5.97 Å². The van der Waals surface area contributed by atoms with Crippen molar-refractivity contribution in [1.29, 1.82) is 0 Å². The van der Waals surface area contributed by atoms with Gasteiger partial charge in [0, 0.05) is 6.54 Å². The molecule has 0 saturated carbocycles. The molecule has 76 valence electrons. The molecule has 13 heavy (non-hydrogen) atoms. The van der Waals surface area contributed by atoms with Gasteiger partial charge in [-0.15, -0.1) is 0 Å². The highest BCUT2D eigenvalue weighted by Gasteiger charge is 2.57. The molecule has 0 aromatic heterocycles. The van der Waals surface area contributed by atoms with E-state index in [1.807, 2.05) is 21.0 Å². The van der Waals surface area contributed by atoms with Crippen LogP contribution >= 0.6 is 0 Å². The number of rotatable bonds is 4. The monoisotopic (exact) mass is 187 g/mol. The van der Waals surface area contributed by atoms with E-state index in [2.05, 4.69) is 9.64 Å². The van der Waals surface area contributed by atoms with Crippen LogP contribution in [0.25, 0.3) is 0 Å². The molecule has 4 nitrogen and oxygen atoms in total. The molecule has 0 spiro atoms. The van der Waals surface area contributed by atoms with Gasteiger partial charge in [0.2, 0.25) is 0 Å².